The van der Waals surface area contributed by atoms with E-state index in [1.807, 2.05) is 27.0 Å². The zero-order valence-electron chi connectivity index (χ0n) is 17.4. The Bertz CT molecular complexity index is 1220. The van der Waals surface area contributed by atoms with Crippen molar-refractivity contribution in [2.24, 2.45) is 0 Å². The zero-order chi connectivity index (χ0) is 23.0. The summed E-state index contributed by atoms with van der Waals surface area (Å²) in [4.78, 5) is 4.71. The zero-order valence-corrected chi connectivity index (χ0v) is 19.1. The van der Waals surface area contributed by atoms with Gasteiger partial charge in [-0.15, -0.1) is 11.8 Å². The van der Waals surface area contributed by atoms with Gasteiger partial charge in [0.1, 0.15) is 5.82 Å². The monoisotopic (exact) mass is 477 g/mol. The van der Waals surface area contributed by atoms with Crippen LogP contribution in [0.2, 0.25) is 0 Å². The van der Waals surface area contributed by atoms with Crippen LogP contribution >= 0.6 is 23.1 Å². The number of halogens is 4. The Kier molecular flexibility index (Phi) is 6.13. The molecule has 0 N–H and O–H groups in total. The molecule has 3 nitrogen and oxygen atoms in total. The largest absolute Gasteiger partial charge is 0.416 e. The van der Waals surface area contributed by atoms with Gasteiger partial charge >= 0.3 is 6.18 Å². The first-order valence-electron chi connectivity index (χ1n) is 9.79. The molecule has 2 aromatic carbocycles. The Morgan fingerprint density at radius 2 is 1.59 bits per heavy atom. The standard InChI is InChI=1S/C23H19F4N3S2/c1-13(2)31-21-20(16-4-8-17(9-5-16)23(25,26)27)28-22(32-21)30-12-19(14(3)29-30)15-6-10-18(24)11-7-15/h4-13H,1-3H3. The summed E-state index contributed by atoms with van der Waals surface area (Å²) in [7, 11) is 0. The van der Waals surface area contributed by atoms with Gasteiger partial charge in [0.2, 0.25) is 5.13 Å². The summed E-state index contributed by atoms with van der Waals surface area (Å²) in [5.74, 6) is -0.310. The van der Waals surface area contributed by atoms with E-state index in [2.05, 4.69) is 5.10 Å². The second kappa shape index (κ2) is 8.71. The molecule has 0 unspecified atom stereocenters. The summed E-state index contributed by atoms with van der Waals surface area (Å²) in [5, 5.41) is 5.45. The number of alkyl halides is 3. The van der Waals surface area contributed by atoms with Crippen molar-refractivity contribution in [1.29, 1.82) is 0 Å². The van der Waals surface area contributed by atoms with Crippen LogP contribution in [-0.2, 0) is 6.18 Å². The van der Waals surface area contributed by atoms with Gasteiger partial charge in [0.25, 0.3) is 0 Å². The SMILES string of the molecule is Cc1nn(-c2nc(-c3ccc(C(F)(F)F)cc3)c(SC(C)C)s2)cc1-c1ccc(F)cc1. The molecule has 0 radical (unpaired) electrons. The fourth-order valence-electron chi connectivity index (χ4n) is 3.16. The molecule has 0 atom stereocenters. The molecule has 4 aromatic rings. The lowest BCUT2D eigenvalue weighted by molar-refractivity contribution is -0.137. The summed E-state index contributed by atoms with van der Waals surface area (Å²) in [6, 6.07) is 11.2. The van der Waals surface area contributed by atoms with Crippen LogP contribution in [0.25, 0.3) is 27.5 Å². The van der Waals surface area contributed by atoms with Crippen LogP contribution < -0.4 is 0 Å². The molecule has 2 aromatic heterocycles. The van der Waals surface area contributed by atoms with Gasteiger partial charge in [0.05, 0.1) is 21.2 Å². The first kappa shape index (κ1) is 22.5. The predicted molar refractivity (Wildman–Crippen MR) is 121 cm³/mol. The van der Waals surface area contributed by atoms with Gasteiger partial charge in [-0.1, -0.05) is 49.4 Å². The van der Waals surface area contributed by atoms with Crippen LogP contribution in [-0.4, -0.2) is 20.0 Å². The van der Waals surface area contributed by atoms with E-state index in [0.29, 0.717) is 16.4 Å². The average molecular weight is 478 g/mol. The van der Waals surface area contributed by atoms with Crippen molar-refractivity contribution in [3.05, 3.63) is 71.8 Å². The second-order valence-electron chi connectivity index (χ2n) is 7.45. The minimum atomic E-state index is -4.38. The smallest absolute Gasteiger partial charge is 0.217 e. The fraction of sp³-hybridized carbons (Fsp3) is 0.217. The molecule has 0 aliphatic carbocycles. The van der Waals surface area contributed by atoms with E-state index in [-0.39, 0.29) is 11.1 Å². The summed E-state index contributed by atoms with van der Waals surface area (Å²) in [5.41, 5.74) is 3.02. The summed E-state index contributed by atoms with van der Waals surface area (Å²) >= 11 is 3.04. The molecule has 4 rings (SSSR count). The molecule has 0 spiro atoms. The van der Waals surface area contributed by atoms with E-state index in [1.165, 1.54) is 35.6 Å². The lowest BCUT2D eigenvalue weighted by atomic mass is 10.1. The molecule has 2 heterocycles. The number of aryl methyl sites for hydroxylation is 1. The topological polar surface area (TPSA) is 30.7 Å². The number of rotatable bonds is 5. The van der Waals surface area contributed by atoms with Crippen LogP contribution in [0.4, 0.5) is 17.6 Å². The van der Waals surface area contributed by atoms with E-state index < -0.39 is 11.7 Å². The van der Waals surface area contributed by atoms with Gasteiger partial charge in [-0.05, 0) is 36.8 Å². The molecule has 0 saturated carbocycles. The molecule has 0 fully saturated rings. The lowest BCUT2D eigenvalue weighted by Gasteiger charge is -2.08. The van der Waals surface area contributed by atoms with Crippen molar-refractivity contribution in [2.45, 2.75) is 36.4 Å². The number of aromatic nitrogens is 3. The number of benzene rings is 2. The summed E-state index contributed by atoms with van der Waals surface area (Å²) in [6.45, 7) is 5.96. The lowest BCUT2D eigenvalue weighted by Crippen LogP contribution is -2.04. The molecule has 0 saturated heterocycles. The predicted octanol–water partition coefficient (Wildman–Crippen LogP) is 7.63. The Hall–Kier alpha value is -2.65. The quantitative estimate of drug-likeness (QED) is 0.219. The number of thiazole rings is 1. The molecule has 0 aliphatic heterocycles. The molecule has 0 amide bonds. The van der Waals surface area contributed by atoms with E-state index in [1.54, 1.807) is 28.6 Å². The normalized spacial score (nSPS) is 12.0. The fourth-order valence-corrected chi connectivity index (χ4v) is 5.60. The van der Waals surface area contributed by atoms with Crippen molar-refractivity contribution >= 4 is 23.1 Å². The van der Waals surface area contributed by atoms with Gasteiger partial charge in [-0.3, -0.25) is 0 Å². The highest BCUT2D eigenvalue weighted by atomic mass is 32.2. The highest BCUT2D eigenvalue weighted by Gasteiger charge is 2.30. The third-order valence-corrected chi connectivity index (χ3v) is 6.92. The summed E-state index contributed by atoms with van der Waals surface area (Å²) < 4.78 is 54.7. The minimum absolute atomic E-state index is 0.269. The average Bonchev–Trinajstić information content (AvgIpc) is 3.31. The van der Waals surface area contributed by atoms with Crippen LogP contribution in [0.1, 0.15) is 25.1 Å². The maximum atomic E-state index is 13.3. The molecule has 9 heteroatoms. The van der Waals surface area contributed by atoms with Crippen molar-refractivity contribution in [3.8, 4) is 27.5 Å². The minimum Gasteiger partial charge on any atom is -0.217 e. The van der Waals surface area contributed by atoms with Crippen molar-refractivity contribution in [3.63, 3.8) is 0 Å². The Balaban J connectivity index is 1.74. The number of hydrogen-bond donors (Lipinski definition) is 0. The summed E-state index contributed by atoms with van der Waals surface area (Å²) in [6.07, 6.45) is -2.55. The van der Waals surface area contributed by atoms with Crippen molar-refractivity contribution < 1.29 is 17.6 Å². The van der Waals surface area contributed by atoms with Crippen LogP contribution in [0.15, 0.2) is 58.9 Å². The molecule has 166 valence electrons. The van der Waals surface area contributed by atoms with Crippen molar-refractivity contribution in [2.75, 3.05) is 0 Å². The Labute approximate surface area is 191 Å². The third kappa shape index (κ3) is 4.73. The maximum absolute atomic E-state index is 13.3. The molecule has 32 heavy (non-hydrogen) atoms. The van der Waals surface area contributed by atoms with E-state index in [4.69, 9.17) is 4.98 Å². The molecular weight excluding hydrogens is 458 g/mol. The van der Waals surface area contributed by atoms with Crippen molar-refractivity contribution in [1.82, 2.24) is 14.8 Å². The van der Waals surface area contributed by atoms with Gasteiger partial charge in [-0.2, -0.15) is 18.3 Å². The third-order valence-electron chi connectivity index (χ3n) is 4.66. The molecule has 0 aliphatic rings. The first-order chi connectivity index (χ1) is 15.1. The van der Waals surface area contributed by atoms with E-state index >= 15 is 0 Å². The number of hydrogen-bond acceptors (Lipinski definition) is 4. The Morgan fingerprint density at radius 3 is 2.19 bits per heavy atom. The van der Waals surface area contributed by atoms with E-state index in [0.717, 1.165) is 33.2 Å². The first-order valence-corrected chi connectivity index (χ1v) is 11.5. The van der Waals surface area contributed by atoms with Gasteiger partial charge in [-0.25, -0.2) is 14.1 Å². The van der Waals surface area contributed by atoms with Gasteiger partial charge in [0.15, 0.2) is 0 Å². The van der Waals surface area contributed by atoms with Gasteiger partial charge < -0.3 is 0 Å². The van der Waals surface area contributed by atoms with Crippen LogP contribution in [0.3, 0.4) is 0 Å². The highest BCUT2D eigenvalue weighted by molar-refractivity contribution is 8.01. The maximum Gasteiger partial charge on any atom is 0.416 e. The van der Waals surface area contributed by atoms with Crippen LogP contribution in [0, 0.1) is 12.7 Å². The Morgan fingerprint density at radius 1 is 0.969 bits per heavy atom. The molecule has 0 bridgehead atoms. The van der Waals surface area contributed by atoms with Crippen LogP contribution in [0.5, 0.6) is 0 Å². The van der Waals surface area contributed by atoms with Gasteiger partial charge in [0, 0.05) is 22.6 Å². The highest BCUT2D eigenvalue weighted by Crippen LogP contribution is 2.40. The van der Waals surface area contributed by atoms with E-state index in [9.17, 15) is 17.6 Å². The molecular formula is C23H19F4N3S2. The number of thioether (sulfide) groups is 1. The number of nitrogens with zero attached hydrogens (tertiary/aromatic N) is 3. The second-order valence-corrected chi connectivity index (χ2v) is 10.3.